The second-order valence-electron chi connectivity index (χ2n) is 6.46. The molecule has 24 heavy (non-hydrogen) atoms. The number of nitrogens with zero attached hydrogens (tertiary/aromatic N) is 3. The van der Waals surface area contributed by atoms with E-state index in [1.54, 1.807) is 6.20 Å². The molecule has 0 bridgehead atoms. The second kappa shape index (κ2) is 8.08. The van der Waals surface area contributed by atoms with E-state index in [9.17, 15) is 4.79 Å². The Hall–Kier alpha value is -2.17. The van der Waals surface area contributed by atoms with Gasteiger partial charge in [0.05, 0.1) is 6.61 Å². The van der Waals surface area contributed by atoms with Gasteiger partial charge in [0.15, 0.2) is 5.65 Å². The molecule has 1 atom stereocenters. The number of pyridine rings is 2. The molecular weight excluding hydrogens is 302 g/mol. The summed E-state index contributed by atoms with van der Waals surface area (Å²) in [5, 5.41) is 1.07. The van der Waals surface area contributed by atoms with Gasteiger partial charge in [-0.05, 0) is 55.9 Å². The average Bonchev–Trinajstić information content (AvgIpc) is 3.09. The van der Waals surface area contributed by atoms with Crippen molar-refractivity contribution >= 4 is 17.1 Å². The molecule has 5 nitrogen and oxygen atoms in total. The van der Waals surface area contributed by atoms with Crippen molar-refractivity contribution in [3.63, 3.8) is 0 Å². The van der Waals surface area contributed by atoms with Crippen molar-refractivity contribution in [2.75, 3.05) is 19.7 Å². The molecule has 0 aromatic carbocycles. The number of aryl methyl sites for hydroxylation is 1. The molecule has 0 radical (unpaired) electrons. The van der Waals surface area contributed by atoms with Crippen molar-refractivity contribution in [3.05, 3.63) is 36.2 Å². The van der Waals surface area contributed by atoms with Crippen LogP contribution in [0.2, 0.25) is 0 Å². The van der Waals surface area contributed by atoms with E-state index in [-0.39, 0.29) is 6.09 Å². The van der Waals surface area contributed by atoms with Gasteiger partial charge < -0.3 is 9.64 Å². The van der Waals surface area contributed by atoms with Crippen LogP contribution in [-0.2, 0) is 11.2 Å². The van der Waals surface area contributed by atoms with E-state index >= 15 is 0 Å². The topological polar surface area (TPSA) is 55.3 Å². The number of hydrogen-bond donors (Lipinski definition) is 0. The maximum absolute atomic E-state index is 12.0. The lowest BCUT2D eigenvalue weighted by atomic mass is 10.0. The zero-order valence-corrected chi connectivity index (χ0v) is 14.3. The molecule has 128 valence electrons. The van der Waals surface area contributed by atoms with Gasteiger partial charge in [0, 0.05) is 30.4 Å². The molecule has 0 aliphatic carbocycles. The molecule has 2 aromatic rings. The Kier molecular flexibility index (Phi) is 5.62. The molecule has 0 spiro atoms. The number of carbonyl (C=O) groups excluding carboxylic acids is 1. The number of amides is 1. The lowest BCUT2D eigenvalue weighted by Crippen LogP contribution is -2.29. The quantitative estimate of drug-likeness (QED) is 0.757. The van der Waals surface area contributed by atoms with E-state index in [1.165, 1.54) is 0 Å². The number of ether oxygens (including phenoxy) is 1. The summed E-state index contributed by atoms with van der Waals surface area (Å²) in [6.07, 6.45) is 6.63. The summed E-state index contributed by atoms with van der Waals surface area (Å²) in [6, 6.07) is 8.11. The first kappa shape index (κ1) is 16.7. The van der Waals surface area contributed by atoms with Crippen LogP contribution in [-0.4, -0.2) is 40.7 Å². The highest BCUT2D eigenvalue weighted by atomic mass is 16.6. The van der Waals surface area contributed by atoms with Crippen LogP contribution in [0.4, 0.5) is 4.79 Å². The molecule has 0 N–H and O–H groups in total. The van der Waals surface area contributed by atoms with Crippen LogP contribution in [0.15, 0.2) is 30.5 Å². The van der Waals surface area contributed by atoms with Gasteiger partial charge in [-0.3, -0.25) is 0 Å². The van der Waals surface area contributed by atoms with Crippen LogP contribution in [0, 0.1) is 5.92 Å². The van der Waals surface area contributed by atoms with Crippen LogP contribution in [0.1, 0.15) is 38.3 Å². The normalized spacial score (nSPS) is 17.4. The minimum Gasteiger partial charge on any atom is -0.449 e. The summed E-state index contributed by atoms with van der Waals surface area (Å²) in [6.45, 7) is 4.24. The van der Waals surface area contributed by atoms with E-state index in [1.807, 2.05) is 17.0 Å². The van der Waals surface area contributed by atoms with Crippen LogP contribution < -0.4 is 0 Å². The number of aromatic nitrogens is 2. The first-order valence-electron chi connectivity index (χ1n) is 8.88. The third-order valence-corrected chi connectivity index (χ3v) is 4.60. The molecule has 0 unspecified atom stereocenters. The van der Waals surface area contributed by atoms with Crippen LogP contribution in [0.5, 0.6) is 0 Å². The van der Waals surface area contributed by atoms with E-state index in [4.69, 9.17) is 4.74 Å². The first-order chi connectivity index (χ1) is 11.8. The molecule has 1 saturated heterocycles. The standard InChI is InChI=1S/C19H25N3O2/c1-2-3-13-24-19(23)22-12-10-15(14-22)6-8-17-9-7-16-5-4-11-20-18(16)21-17/h4-5,7,9,11,15H,2-3,6,8,10,12-14H2,1H3/t15-/m1/s1. The highest BCUT2D eigenvalue weighted by Crippen LogP contribution is 2.22. The van der Waals surface area contributed by atoms with Gasteiger partial charge >= 0.3 is 6.09 Å². The number of hydrogen-bond acceptors (Lipinski definition) is 4. The Bertz CT molecular complexity index is 689. The van der Waals surface area contributed by atoms with Crippen LogP contribution in [0.25, 0.3) is 11.0 Å². The molecule has 1 fully saturated rings. The lowest BCUT2D eigenvalue weighted by molar-refractivity contribution is 0.108. The summed E-state index contributed by atoms with van der Waals surface area (Å²) < 4.78 is 5.29. The number of likely N-dealkylation sites (tertiary alicyclic amines) is 1. The third kappa shape index (κ3) is 4.22. The zero-order chi connectivity index (χ0) is 16.8. The Labute approximate surface area is 143 Å². The molecule has 3 heterocycles. The fraction of sp³-hybridized carbons (Fsp3) is 0.526. The average molecular weight is 327 g/mol. The summed E-state index contributed by atoms with van der Waals surface area (Å²) >= 11 is 0. The van der Waals surface area contributed by atoms with Gasteiger partial charge in [0.25, 0.3) is 0 Å². The van der Waals surface area contributed by atoms with E-state index in [0.717, 1.165) is 61.9 Å². The smallest absolute Gasteiger partial charge is 0.409 e. The van der Waals surface area contributed by atoms with Crippen molar-refractivity contribution in [2.24, 2.45) is 5.92 Å². The van der Waals surface area contributed by atoms with E-state index < -0.39 is 0 Å². The van der Waals surface area contributed by atoms with Crippen LogP contribution in [0.3, 0.4) is 0 Å². The number of unbranched alkanes of at least 4 members (excludes halogenated alkanes) is 1. The predicted molar refractivity (Wildman–Crippen MR) is 93.8 cm³/mol. The molecule has 2 aromatic heterocycles. The molecule has 3 rings (SSSR count). The summed E-state index contributed by atoms with van der Waals surface area (Å²) in [5.74, 6) is 0.532. The van der Waals surface area contributed by atoms with Crippen molar-refractivity contribution in [2.45, 2.75) is 39.0 Å². The lowest BCUT2D eigenvalue weighted by Gasteiger charge is -2.16. The number of rotatable bonds is 6. The minimum atomic E-state index is -0.154. The summed E-state index contributed by atoms with van der Waals surface area (Å²) in [4.78, 5) is 22.7. The Morgan fingerprint density at radius 1 is 1.38 bits per heavy atom. The number of carbonyl (C=O) groups is 1. The summed E-state index contributed by atoms with van der Waals surface area (Å²) in [7, 11) is 0. The fourth-order valence-corrected chi connectivity index (χ4v) is 3.11. The van der Waals surface area contributed by atoms with Gasteiger partial charge in [-0.2, -0.15) is 0 Å². The highest BCUT2D eigenvalue weighted by molar-refractivity contribution is 5.74. The van der Waals surface area contributed by atoms with Crippen molar-refractivity contribution in [3.8, 4) is 0 Å². The molecular formula is C19H25N3O2. The van der Waals surface area contributed by atoms with Gasteiger partial charge in [0.1, 0.15) is 0 Å². The minimum absolute atomic E-state index is 0.154. The third-order valence-electron chi connectivity index (χ3n) is 4.60. The van der Waals surface area contributed by atoms with Gasteiger partial charge in [0.2, 0.25) is 0 Å². The van der Waals surface area contributed by atoms with E-state index in [0.29, 0.717) is 12.5 Å². The SMILES string of the molecule is CCCCOC(=O)N1CC[C@@H](CCc2ccc3cccnc3n2)C1. The predicted octanol–water partition coefficient (Wildman–Crippen LogP) is 3.82. The zero-order valence-electron chi connectivity index (χ0n) is 14.3. The first-order valence-corrected chi connectivity index (χ1v) is 8.88. The molecule has 5 heteroatoms. The van der Waals surface area contributed by atoms with Crippen LogP contribution >= 0.6 is 0 Å². The maximum atomic E-state index is 12.0. The van der Waals surface area contributed by atoms with Crippen molar-refractivity contribution in [1.29, 1.82) is 0 Å². The second-order valence-corrected chi connectivity index (χ2v) is 6.46. The Balaban J connectivity index is 1.47. The molecule has 0 saturated carbocycles. The Morgan fingerprint density at radius 3 is 3.17 bits per heavy atom. The van der Waals surface area contributed by atoms with Gasteiger partial charge in [-0.25, -0.2) is 14.8 Å². The van der Waals surface area contributed by atoms with E-state index in [2.05, 4.69) is 29.0 Å². The summed E-state index contributed by atoms with van der Waals surface area (Å²) in [5.41, 5.74) is 1.88. The van der Waals surface area contributed by atoms with Gasteiger partial charge in [-0.15, -0.1) is 0 Å². The monoisotopic (exact) mass is 327 g/mol. The fourth-order valence-electron chi connectivity index (χ4n) is 3.11. The molecule has 1 aliphatic heterocycles. The van der Waals surface area contributed by atoms with Crippen molar-refractivity contribution < 1.29 is 9.53 Å². The molecule has 1 amide bonds. The highest BCUT2D eigenvalue weighted by Gasteiger charge is 2.26. The number of fused-ring (bicyclic) bond motifs is 1. The maximum Gasteiger partial charge on any atom is 0.409 e. The Morgan fingerprint density at radius 2 is 2.29 bits per heavy atom. The molecule has 1 aliphatic rings. The van der Waals surface area contributed by atoms with Gasteiger partial charge in [-0.1, -0.05) is 13.3 Å². The largest absolute Gasteiger partial charge is 0.449 e. The van der Waals surface area contributed by atoms with Crippen molar-refractivity contribution in [1.82, 2.24) is 14.9 Å².